The molecule has 126 valence electrons. The van der Waals surface area contributed by atoms with Gasteiger partial charge in [-0.15, -0.1) is 10.2 Å². The maximum Gasteiger partial charge on any atom is 0.217 e. The summed E-state index contributed by atoms with van der Waals surface area (Å²) in [7, 11) is 1.83. The van der Waals surface area contributed by atoms with E-state index in [1.54, 1.807) is 0 Å². The predicted octanol–water partition coefficient (Wildman–Crippen LogP) is 1.70. The Kier molecular flexibility index (Phi) is 4.99. The Labute approximate surface area is 144 Å². The van der Waals surface area contributed by atoms with E-state index in [0.717, 1.165) is 18.4 Å². The number of thioether (sulfide) groups is 1. The van der Waals surface area contributed by atoms with Crippen molar-refractivity contribution in [1.82, 2.24) is 14.8 Å². The van der Waals surface area contributed by atoms with Gasteiger partial charge in [0.25, 0.3) is 0 Å². The van der Waals surface area contributed by atoms with E-state index in [1.165, 1.54) is 29.3 Å². The smallest absolute Gasteiger partial charge is 0.217 e. The van der Waals surface area contributed by atoms with E-state index in [9.17, 15) is 9.59 Å². The van der Waals surface area contributed by atoms with Gasteiger partial charge >= 0.3 is 0 Å². The third-order valence-electron chi connectivity index (χ3n) is 4.27. The van der Waals surface area contributed by atoms with E-state index in [1.807, 2.05) is 23.7 Å². The van der Waals surface area contributed by atoms with Crippen molar-refractivity contribution >= 4 is 23.5 Å². The van der Waals surface area contributed by atoms with Gasteiger partial charge < -0.3 is 10.3 Å². The highest BCUT2D eigenvalue weighted by Gasteiger charge is 2.16. The Morgan fingerprint density at radius 3 is 2.83 bits per heavy atom. The molecule has 0 saturated carbocycles. The maximum atomic E-state index is 12.4. The molecule has 3 rings (SSSR count). The molecule has 24 heavy (non-hydrogen) atoms. The molecule has 1 aliphatic rings. The number of benzene rings is 1. The first-order valence-corrected chi connectivity index (χ1v) is 8.97. The number of carbonyl (C=O) groups is 2. The van der Waals surface area contributed by atoms with E-state index in [0.29, 0.717) is 23.2 Å². The highest BCUT2D eigenvalue weighted by molar-refractivity contribution is 7.99. The van der Waals surface area contributed by atoms with Crippen molar-refractivity contribution in [3.8, 4) is 0 Å². The van der Waals surface area contributed by atoms with Crippen LogP contribution in [0.2, 0.25) is 0 Å². The van der Waals surface area contributed by atoms with Crippen molar-refractivity contribution in [2.75, 3.05) is 5.75 Å². The number of Topliss-reactive ketones (excluding diaryl/α,β-unsaturated/α-hetero) is 1. The van der Waals surface area contributed by atoms with Crippen LogP contribution in [0.4, 0.5) is 0 Å². The number of hydrogen-bond donors (Lipinski definition) is 1. The van der Waals surface area contributed by atoms with Crippen LogP contribution in [0.25, 0.3) is 0 Å². The van der Waals surface area contributed by atoms with Crippen LogP contribution in [0, 0.1) is 0 Å². The summed E-state index contributed by atoms with van der Waals surface area (Å²) in [6, 6.07) is 6.02. The lowest BCUT2D eigenvalue weighted by molar-refractivity contribution is -0.118. The highest BCUT2D eigenvalue weighted by Crippen LogP contribution is 2.24. The number of amides is 1. The van der Waals surface area contributed by atoms with Crippen molar-refractivity contribution < 1.29 is 9.59 Å². The van der Waals surface area contributed by atoms with Crippen LogP contribution in [0.3, 0.4) is 0 Å². The van der Waals surface area contributed by atoms with Gasteiger partial charge in [-0.25, -0.2) is 0 Å². The summed E-state index contributed by atoms with van der Waals surface area (Å²) in [5.74, 6) is 0.747. The quantitative estimate of drug-likeness (QED) is 0.610. The largest absolute Gasteiger partial charge is 0.370 e. The fourth-order valence-corrected chi connectivity index (χ4v) is 3.71. The van der Waals surface area contributed by atoms with Crippen molar-refractivity contribution in [2.24, 2.45) is 12.8 Å². The average molecular weight is 344 g/mol. The van der Waals surface area contributed by atoms with Crippen LogP contribution in [0.5, 0.6) is 0 Å². The topological polar surface area (TPSA) is 90.9 Å². The van der Waals surface area contributed by atoms with Crippen LogP contribution in [0.1, 0.15) is 40.2 Å². The first kappa shape index (κ1) is 16.7. The molecule has 0 saturated heterocycles. The molecule has 6 nitrogen and oxygen atoms in total. The molecule has 0 aliphatic heterocycles. The molecule has 1 heterocycles. The molecule has 7 heteroatoms. The molecular weight excluding hydrogens is 324 g/mol. The molecule has 1 amide bonds. The zero-order valence-electron chi connectivity index (χ0n) is 13.6. The van der Waals surface area contributed by atoms with Gasteiger partial charge in [-0.3, -0.25) is 9.59 Å². The predicted molar refractivity (Wildman–Crippen MR) is 92.0 cm³/mol. The number of primary amides is 1. The van der Waals surface area contributed by atoms with E-state index in [-0.39, 0.29) is 18.1 Å². The number of nitrogens with zero attached hydrogens (tertiary/aromatic N) is 3. The lowest BCUT2D eigenvalue weighted by Gasteiger charge is -2.05. The SMILES string of the molecule is Cn1c(CCC(N)=O)nnc1SCC(=O)c1ccc2c(c1)CCC2. The van der Waals surface area contributed by atoms with Crippen LogP contribution >= 0.6 is 11.8 Å². The van der Waals surface area contributed by atoms with Gasteiger partial charge in [-0.05, 0) is 36.5 Å². The maximum absolute atomic E-state index is 12.4. The molecule has 1 aromatic carbocycles. The van der Waals surface area contributed by atoms with Gasteiger partial charge in [0.2, 0.25) is 5.91 Å². The monoisotopic (exact) mass is 344 g/mol. The molecule has 0 bridgehead atoms. The Hall–Kier alpha value is -2.15. The Balaban J connectivity index is 1.61. The summed E-state index contributed by atoms with van der Waals surface area (Å²) < 4.78 is 1.81. The lowest BCUT2D eigenvalue weighted by Crippen LogP contribution is -2.13. The second-order valence-electron chi connectivity index (χ2n) is 5.97. The summed E-state index contributed by atoms with van der Waals surface area (Å²) >= 11 is 1.36. The molecule has 0 radical (unpaired) electrons. The van der Waals surface area contributed by atoms with Gasteiger partial charge in [0.1, 0.15) is 5.82 Å². The van der Waals surface area contributed by atoms with E-state index >= 15 is 0 Å². The minimum Gasteiger partial charge on any atom is -0.370 e. The molecule has 0 atom stereocenters. The zero-order chi connectivity index (χ0) is 17.1. The summed E-state index contributed by atoms with van der Waals surface area (Å²) in [6.45, 7) is 0. The van der Waals surface area contributed by atoms with Gasteiger partial charge in [-0.2, -0.15) is 0 Å². The fraction of sp³-hybridized carbons (Fsp3) is 0.412. The Morgan fingerprint density at radius 1 is 1.25 bits per heavy atom. The fourth-order valence-electron chi connectivity index (χ4n) is 2.88. The number of aryl methyl sites for hydroxylation is 3. The highest BCUT2D eigenvalue weighted by atomic mass is 32.2. The zero-order valence-corrected chi connectivity index (χ0v) is 14.4. The first-order valence-electron chi connectivity index (χ1n) is 7.99. The number of carbonyl (C=O) groups excluding carboxylic acids is 2. The molecular formula is C17H20N4O2S. The summed E-state index contributed by atoms with van der Waals surface area (Å²) in [5.41, 5.74) is 8.59. The molecule has 0 spiro atoms. The van der Waals surface area contributed by atoms with Crippen molar-refractivity contribution in [3.63, 3.8) is 0 Å². The molecule has 2 N–H and O–H groups in total. The van der Waals surface area contributed by atoms with Gasteiger partial charge in [-0.1, -0.05) is 23.9 Å². The number of fused-ring (bicyclic) bond motifs is 1. The second kappa shape index (κ2) is 7.17. The number of aromatic nitrogens is 3. The van der Waals surface area contributed by atoms with Crippen LogP contribution < -0.4 is 5.73 Å². The first-order chi connectivity index (χ1) is 11.5. The minimum absolute atomic E-state index is 0.0939. The summed E-state index contributed by atoms with van der Waals surface area (Å²) in [5, 5.41) is 8.82. The molecule has 0 unspecified atom stereocenters. The number of nitrogens with two attached hydrogens (primary N) is 1. The van der Waals surface area contributed by atoms with Crippen LogP contribution in [-0.2, 0) is 31.1 Å². The minimum atomic E-state index is -0.362. The molecule has 2 aromatic rings. The summed E-state index contributed by atoms with van der Waals surface area (Å²) in [4.78, 5) is 23.3. The molecule has 0 fully saturated rings. The Bertz CT molecular complexity index is 785. The second-order valence-corrected chi connectivity index (χ2v) is 6.92. The lowest BCUT2D eigenvalue weighted by atomic mass is 10.0. The third kappa shape index (κ3) is 3.67. The number of rotatable bonds is 7. The van der Waals surface area contributed by atoms with Gasteiger partial charge in [0, 0.05) is 25.5 Å². The van der Waals surface area contributed by atoms with Gasteiger partial charge in [0.15, 0.2) is 10.9 Å². The van der Waals surface area contributed by atoms with E-state index in [2.05, 4.69) is 16.3 Å². The number of hydrogen-bond acceptors (Lipinski definition) is 5. The van der Waals surface area contributed by atoms with E-state index in [4.69, 9.17) is 5.73 Å². The van der Waals surface area contributed by atoms with Gasteiger partial charge in [0.05, 0.1) is 5.75 Å². The molecule has 1 aliphatic carbocycles. The standard InChI is InChI=1S/C17H20N4O2S/c1-21-16(8-7-15(18)23)19-20-17(21)24-10-14(22)13-6-5-11-3-2-4-12(11)9-13/h5-6,9H,2-4,7-8,10H2,1H3,(H2,18,23). The van der Waals surface area contributed by atoms with Crippen LogP contribution in [-0.4, -0.2) is 32.2 Å². The summed E-state index contributed by atoms with van der Waals surface area (Å²) in [6.07, 6.45) is 4.05. The normalized spacial score (nSPS) is 13.0. The average Bonchev–Trinajstić information content (AvgIpc) is 3.16. The Morgan fingerprint density at radius 2 is 2.04 bits per heavy atom. The van der Waals surface area contributed by atoms with Crippen molar-refractivity contribution in [2.45, 2.75) is 37.3 Å². The van der Waals surface area contributed by atoms with E-state index < -0.39 is 0 Å². The number of ketones is 1. The van der Waals surface area contributed by atoms with Crippen molar-refractivity contribution in [3.05, 3.63) is 40.7 Å². The van der Waals surface area contributed by atoms with Crippen molar-refractivity contribution in [1.29, 1.82) is 0 Å². The third-order valence-corrected chi connectivity index (χ3v) is 5.29. The van der Waals surface area contributed by atoms with Crippen LogP contribution in [0.15, 0.2) is 23.4 Å². The molecule has 1 aromatic heterocycles.